The smallest absolute Gasteiger partial charge is 0.435 e. The van der Waals surface area contributed by atoms with E-state index >= 15 is 0 Å². The minimum atomic E-state index is -4.75. The normalized spacial score (nSPS) is 12.0. The zero-order valence-electron chi connectivity index (χ0n) is 18.8. The van der Waals surface area contributed by atoms with Gasteiger partial charge in [-0.3, -0.25) is 0 Å². The number of benzene rings is 1. The van der Waals surface area contributed by atoms with E-state index in [0.717, 1.165) is 34.2 Å². The lowest BCUT2D eigenvalue weighted by Crippen LogP contribution is -2.11. The van der Waals surface area contributed by atoms with Gasteiger partial charge in [0.2, 0.25) is 5.95 Å². The molecule has 0 radical (unpaired) electrons. The number of aryl methyl sites for hydroxylation is 1. The first-order valence-corrected chi connectivity index (χ1v) is 11.0. The van der Waals surface area contributed by atoms with Crippen LogP contribution in [0.5, 0.6) is 5.75 Å². The highest BCUT2D eigenvalue weighted by molar-refractivity contribution is 7.17. The monoisotopic (exact) mass is 543 g/mol. The second kappa shape index (κ2) is 9.38. The summed E-state index contributed by atoms with van der Waals surface area (Å²) in [7, 11) is 1.19. The predicted molar refractivity (Wildman–Crippen MR) is 120 cm³/mol. The number of hydrogen-bond acceptors (Lipinski definition) is 7. The molecule has 0 spiro atoms. The van der Waals surface area contributed by atoms with Gasteiger partial charge in [0.15, 0.2) is 11.5 Å². The van der Waals surface area contributed by atoms with E-state index in [1.807, 2.05) is 0 Å². The molecule has 0 amide bonds. The van der Waals surface area contributed by atoms with Crippen molar-refractivity contribution in [2.75, 3.05) is 12.4 Å². The van der Waals surface area contributed by atoms with E-state index < -0.39 is 29.6 Å². The molecule has 4 aromatic rings. The second-order valence-electron chi connectivity index (χ2n) is 7.55. The number of carboxylic acids is 1. The van der Waals surface area contributed by atoms with Gasteiger partial charge in [-0.1, -0.05) is 0 Å². The third kappa shape index (κ3) is 5.50. The summed E-state index contributed by atoms with van der Waals surface area (Å²) in [6, 6.07) is 6.38. The number of aromatic nitrogens is 4. The molecular weight excluding hydrogens is 528 g/mol. The minimum absolute atomic E-state index is 0.0348. The molecule has 1 aromatic carbocycles. The van der Waals surface area contributed by atoms with Crippen molar-refractivity contribution in [2.45, 2.75) is 19.3 Å². The number of alkyl halides is 6. The maximum absolute atomic E-state index is 13.3. The van der Waals surface area contributed by atoms with E-state index in [9.17, 15) is 36.2 Å². The van der Waals surface area contributed by atoms with Crippen LogP contribution in [0.25, 0.3) is 16.3 Å². The summed E-state index contributed by atoms with van der Waals surface area (Å²) in [5.74, 6) is -1.71. The van der Waals surface area contributed by atoms with Crippen LogP contribution in [0.4, 0.5) is 38.0 Å². The lowest BCUT2D eigenvalue weighted by atomic mass is 10.2. The fraction of sp³-hybridized carbons (Fsp3) is 0.182. The molecule has 37 heavy (non-hydrogen) atoms. The van der Waals surface area contributed by atoms with Crippen LogP contribution < -0.4 is 10.1 Å². The van der Waals surface area contributed by atoms with E-state index in [-0.39, 0.29) is 39.3 Å². The Morgan fingerprint density at radius 3 is 2.38 bits per heavy atom. The van der Waals surface area contributed by atoms with Crippen molar-refractivity contribution in [3.05, 3.63) is 64.4 Å². The summed E-state index contributed by atoms with van der Waals surface area (Å²) in [5.41, 5.74) is -2.09. The quantitative estimate of drug-likeness (QED) is 0.280. The van der Waals surface area contributed by atoms with Crippen molar-refractivity contribution in [1.29, 1.82) is 0 Å². The molecule has 0 saturated heterocycles. The van der Waals surface area contributed by atoms with Crippen LogP contribution in [0.1, 0.15) is 26.6 Å². The van der Waals surface area contributed by atoms with Gasteiger partial charge in [-0.05, 0) is 37.3 Å². The molecule has 0 atom stereocenters. The van der Waals surface area contributed by atoms with Crippen LogP contribution in [0.15, 0.2) is 42.6 Å². The minimum Gasteiger partial charge on any atom is -0.497 e. The molecule has 194 valence electrons. The Kier molecular flexibility index (Phi) is 6.58. The van der Waals surface area contributed by atoms with Crippen LogP contribution in [-0.4, -0.2) is 37.9 Å². The van der Waals surface area contributed by atoms with E-state index in [4.69, 9.17) is 4.74 Å². The van der Waals surface area contributed by atoms with Crippen LogP contribution >= 0.6 is 11.3 Å². The number of aromatic carboxylic acids is 1. The molecule has 8 nitrogen and oxygen atoms in total. The van der Waals surface area contributed by atoms with E-state index in [1.165, 1.54) is 38.4 Å². The van der Waals surface area contributed by atoms with Gasteiger partial charge in [0, 0.05) is 28.5 Å². The maximum atomic E-state index is 13.3. The highest BCUT2D eigenvalue weighted by Crippen LogP contribution is 2.37. The van der Waals surface area contributed by atoms with Crippen LogP contribution in [0.3, 0.4) is 0 Å². The maximum Gasteiger partial charge on any atom is 0.435 e. The number of thiophene rings is 1. The molecule has 0 saturated carbocycles. The third-order valence-corrected chi connectivity index (χ3v) is 6.06. The fourth-order valence-corrected chi connectivity index (χ4v) is 4.13. The van der Waals surface area contributed by atoms with Crippen molar-refractivity contribution < 1.29 is 41.0 Å². The predicted octanol–water partition coefficient (Wildman–Crippen LogP) is 6.19. The van der Waals surface area contributed by atoms with Crippen LogP contribution in [-0.2, 0) is 12.4 Å². The van der Waals surface area contributed by atoms with Crippen LogP contribution in [0, 0.1) is 6.92 Å². The topological polar surface area (TPSA) is 102 Å². The number of rotatable bonds is 6. The molecule has 0 bridgehead atoms. The second-order valence-corrected chi connectivity index (χ2v) is 8.64. The first-order chi connectivity index (χ1) is 17.3. The molecular formula is C22H15F6N5O3S. The molecule has 15 heteroatoms. The summed E-state index contributed by atoms with van der Waals surface area (Å²) in [4.78, 5) is 19.9. The standard InChI is InChI=1S/C22H15F6N5O3S/c1-10-5-17(22(26,27)28)32-33(10)18-14(15-3-4-16(37-15)19(34)35)9-29-20(31-18)30-12-6-11(21(23,24)25)7-13(8-12)36-2/h3-9H,1-2H3,(H,34,35)(H,29,30,31). The molecule has 3 heterocycles. The van der Waals surface area contributed by atoms with Gasteiger partial charge in [0.1, 0.15) is 10.6 Å². The molecule has 0 aliphatic carbocycles. The van der Waals surface area contributed by atoms with Gasteiger partial charge < -0.3 is 15.2 Å². The van der Waals surface area contributed by atoms with Crippen molar-refractivity contribution in [2.24, 2.45) is 0 Å². The highest BCUT2D eigenvalue weighted by atomic mass is 32.1. The SMILES string of the molecule is COc1cc(Nc2ncc(-c3ccc(C(=O)O)s3)c(-n3nc(C(F)(F)F)cc3C)n2)cc(C(F)(F)F)c1. The highest BCUT2D eigenvalue weighted by Gasteiger charge is 2.35. The van der Waals surface area contributed by atoms with Gasteiger partial charge in [-0.25, -0.2) is 14.5 Å². The average molecular weight is 543 g/mol. The molecule has 0 aliphatic heterocycles. The summed E-state index contributed by atoms with van der Waals surface area (Å²) >= 11 is 0.836. The molecule has 2 N–H and O–H groups in total. The lowest BCUT2D eigenvalue weighted by molar-refractivity contribution is -0.141. The van der Waals surface area contributed by atoms with Gasteiger partial charge in [-0.15, -0.1) is 11.3 Å². The largest absolute Gasteiger partial charge is 0.497 e. The number of anilines is 2. The molecule has 0 fully saturated rings. The molecule has 3 aromatic heterocycles. The fourth-order valence-electron chi connectivity index (χ4n) is 3.28. The third-order valence-electron chi connectivity index (χ3n) is 4.96. The Morgan fingerprint density at radius 2 is 1.81 bits per heavy atom. The summed E-state index contributed by atoms with van der Waals surface area (Å²) < 4.78 is 85.6. The molecule has 0 unspecified atom stereocenters. The first-order valence-electron chi connectivity index (χ1n) is 10.1. The number of nitrogens with zero attached hydrogens (tertiary/aromatic N) is 4. The van der Waals surface area contributed by atoms with E-state index in [1.54, 1.807) is 0 Å². The Hall–Kier alpha value is -4.14. The number of methoxy groups -OCH3 is 1. The van der Waals surface area contributed by atoms with Gasteiger partial charge in [-0.2, -0.15) is 36.4 Å². The van der Waals surface area contributed by atoms with Gasteiger partial charge >= 0.3 is 18.3 Å². The van der Waals surface area contributed by atoms with Crippen molar-refractivity contribution in [3.63, 3.8) is 0 Å². The summed E-state index contributed by atoms with van der Waals surface area (Å²) in [6.07, 6.45) is -8.22. The molecule has 4 rings (SSSR count). The van der Waals surface area contributed by atoms with Crippen LogP contribution in [0.2, 0.25) is 0 Å². The Labute approximate surface area is 208 Å². The zero-order valence-corrected chi connectivity index (χ0v) is 19.6. The average Bonchev–Trinajstić information content (AvgIpc) is 3.45. The number of carboxylic acid groups (broad SMARTS) is 1. The number of ether oxygens (including phenoxy) is 1. The first kappa shape index (κ1) is 25.9. The van der Waals surface area contributed by atoms with Crippen molar-refractivity contribution in [1.82, 2.24) is 19.7 Å². The summed E-state index contributed by atoms with van der Waals surface area (Å²) in [5, 5.41) is 15.4. The summed E-state index contributed by atoms with van der Waals surface area (Å²) in [6.45, 7) is 1.36. The molecule has 0 aliphatic rings. The van der Waals surface area contributed by atoms with Gasteiger partial charge in [0.25, 0.3) is 0 Å². The number of nitrogens with one attached hydrogen (secondary N) is 1. The number of halogens is 6. The Balaban J connectivity index is 1.84. The number of carbonyl (C=O) groups is 1. The Morgan fingerprint density at radius 1 is 1.08 bits per heavy atom. The zero-order chi connectivity index (χ0) is 27.1. The number of hydrogen-bond donors (Lipinski definition) is 2. The van der Waals surface area contributed by atoms with E-state index in [0.29, 0.717) is 4.88 Å². The Bertz CT molecular complexity index is 1480. The van der Waals surface area contributed by atoms with Crippen molar-refractivity contribution in [3.8, 4) is 22.0 Å². The van der Waals surface area contributed by atoms with E-state index in [2.05, 4.69) is 20.4 Å². The van der Waals surface area contributed by atoms with Gasteiger partial charge in [0.05, 0.1) is 18.2 Å². The van der Waals surface area contributed by atoms with Crippen molar-refractivity contribution >= 4 is 28.9 Å². The lowest BCUT2D eigenvalue weighted by Gasteiger charge is -2.14.